The normalized spacial score (nSPS) is 19.6. The van der Waals surface area contributed by atoms with Crippen molar-refractivity contribution < 1.29 is 18.0 Å². The number of aromatic nitrogens is 1. The number of nitrogens with one attached hydrogen (secondary N) is 3. The van der Waals surface area contributed by atoms with Crippen molar-refractivity contribution >= 4 is 50.4 Å². The standard InChI is InChI=1S/C23H23ClF3N5OS/c1-28-19-14-7-17(27)21(24)31-23(14)34-20(19)22(33)29-5-4-11-6-16(26)18(8-15(11)25)32-9-12-2-3-13(10-32)30-12/h6-8,12-13,28,30H,2-5,9-10H2,1H3,(H,29,33). The largest absolute Gasteiger partial charge is 0.386 e. The minimum atomic E-state index is -0.676. The summed E-state index contributed by atoms with van der Waals surface area (Å²) in [6.07, 6.45) is 2.23. The van der Waals surface area contributed by atoms with Crippen LogP contribution in [-0.4, -0.2) is 49.7 Å². The molecule has 0 aliphatic carbocycles. The van der Waals surface area contributed by atoms with Crippen molar-refractivity contribution in [3.05, 3.63) is 51.2 Å². The first-order valence-corrected chi connectivity index (χ1v) is 12.3. The minimum Gasteiger partial charge on any atom is -0.386 e. The topological polar surface area (TPSA) is 69.3 Å². The van der Waals surface area contributed by atoms with Crippen molar-refractivity contribution in [1.29, 1.82) is 0 Å². The van der Waals surface area contributed by atoms with Gasteiger partial charge >= 0.3 is 0 Å². The van der Waals surface area contributed by atoms with E-state index in [0.29, 0.717) is 46.0 Å². The Hall–Kier alpha value is -2.56. The van der Waals surface area contributed by atoms with E-state index in [1.807, 2.05) is 4.90 Å². The molecule has 3 N–H and O–H groups in total. The Labute approximate surface area is 203 Å². The molecular formula is C23H23ClF3N5OS. The highest BCUT2D eigenvalue weighted by Gasteiger charge is 2.33. The fourth-order valence-electron chi connectivity index (χ4n) is 4.78. The van der Waals surface area contributed by atoms with Gasteiger partial charge in [-0.25, -0.2) is 18.2 Å². The monoisotopic (exact) mass is 509 g/mol. The molecule has 4 heterocycles. The predicted molar refractivity (Wildman–Crippen MR) is 129 cm³/mol. The fraction of sp³-hybridized carbons (Fsp3) is 0.391. The van der Waals surface area contributed by atoms with Crippen LogP contribution in [0.25, 0.3) is 10.2 Å². The quantitative estimate of drug-likeness (QED) is 0.432. The molecule has 3 aromatic rings. The van der Waals surface area contributed by atoms with Gasteiger partial charge in [0.25, 0.3) is 5.91 Å². The minimum absolute atomic E-state index is 0.103. The number of anilines is 2. The van der Waals surface area contributed by atoms with E-state index in [-0.39, 0.29) is 29.4 Å². The third-order valence-corrected chi connectivity index (χ3v) is 7.77. The van der Waals surface area contributed by atoms with Gasteiger partial charge < -0.3 is 20.9 Å². The number of fused-ring (bicyclic) bond motifs is 3. The summed E-state index contributed by atoms with van der Waals surface area (Å²) in [6.45, 7) is 1.43. The van der Waals surface area contributed by atoms with E-state index in [9.17, 15) is 18.0 Å². The highest BCUT2D eigenvalue weighted by molar-refractivity contribution is 7.21. The summed E-state index contributed by atoms with van der Waals surface area (Å²) >= 11 is 6.83. The molecule has 2 aromatic heterocycles. The van der Waals surface area contributed by atoms with Gasteiger partial charge in [0.2, 0.25) is 0 Å². The predicted octanol–water partition coefficient (Wildman–Crippen LogP) is 4.32. The van der Waals surface area contributed by atoms with Crippen LogP contribution in [0.3, 0.4) is 0 Å². The Balaban J connectivity index is 1.27. The van der Waals surface area contributed by atoms with Gasteiger partial charge in [-0.1, -0.05) is 11.6 Å². The summed E-state index contributed by atoms with van der Waals surface area (Å²) < 4.78 is 43.5. The van der Waals surface area contributed by atoms with E-state index in [0.717, 1.165) is 24.2 Å². The molecule has 0 spiro atoms. The van der Waals surface area contributed by atoms with Gasteiger partial charge in [-0.3, -0.25) is 4.79 Å². The van der Waals surface area contributed by atoms with E-state index in [4.69, 9.17) is 11.6 Å². The lowest BCUT2D eigenvalue weighted by Gasteiger charge is -2.34. The molecule has 2 unspecified atom stereocenters. The Kier molecular flexibility index (Phi) is 6.30. The van der Waals surface area contributed by atoms with Gasteiger partial charge in [-0.15, -0.1) is 11.3 Å². The molecule has 2 atom stereocenters. The van der Waals surface area contributed by atoms with Crippen molar-refractivity contribution in [2.45, 2.75) is 31.3 Å². The number of nitrogens with zero attached hydrogens (tertiary/aromatic N) is 2. The number of halogens is 4. The highest BCUT2D eigenvalue weighted by Crippen LogP contribution is 2.36. The lowest BCUT2D eigenvalue weighted by Crippen LogP contribution is -2.51. The van der Waals surface area contributed by atoms with Gasteiger partial charge in [0.1, 0.15) is 21.3 Å². The molecule has 0 radical (unpaired) electrons. The van der Waals surface area contributed by atoms with Crippen LogP contribution in [0.15, 0.2) is 18.2 Å². The molecule has 11 heteroatoms. The molecule has 0 saturated carbocycles. The maximum atomic E-state index is 14.9. The summed E-state index contributed by atoms with van der Waals surface area (Å²) in [7, 11) is 1.62. The second kappa shape index (κ2) is 9.24. The summed E-state index contributed by atoms with van der Waals surface area (Å²) in [5, 5.41) is 9.29. The molecule has 2 saturated heterocycles. The Morgan fingerprint density at radius 1 is 1.18 bits per heavy atom. The van der Waals surface area contributed by atoms with Crippen molar-refractivity contribution in [1.82, 2.24) is 15.6 Å². The lowest BCUT2D eigenvalue weighted by atomic mass is 10.1. The van der Waals surface area contributed by atoms with Crippen molar-refractivity contribution in [2.75, 3.05) is 36.9 Å². The Morgan fingerprint density at radius 2 is 1.91 bits per heavy atom. The van der Waals surface area contributed by atoms with Gasteiger partial charge in [-0.2, -0.15) is 0 Å². The van der Waals surface area contributed by atoms with E-state index in [1.165, 1.54) is 18.2 Å². The average Bonchev–Trinajstić information content (AvgIpc) is 3.34. The van der Waals surface area contributed by atoms with Gasteiger partial charge in [-0.05, 0) is 37.0 Å². The third-order valence-electron chi connectivity index (χ3n) is 6.40. The van der Waals surface area contributed by atoms with Crippen LogP contribution in [0.5, 0.6) is 0 Å². The van der Waals surface area contributed by atoms with E-state index in [1.54, 1.807) is 7.05 Å². The Morgan fingerprint density at radius 3 is 2.62 bits per heavy atom. The first kappa shape index (κ1) is 23.2. The molecule has 1 amide bonds. The number of carbonyl (C=O) groups is 1. The molecule has 180 valence electrons. The number of thiophene rings is 1. The first-order valence-electron chi connectivity index (χ1n) is 11.1. The molecule has 2 aliphatic rings. The number of piperazine rings is 1. The molecule has 34 heavy (non-hydrogen) atoms. The molecule has 2 fully saturated rings. The summed E-state index contributed by atoms with van der Waals surface area (Å²) in [4.78, 5) is 19.4. The molecule has 6 nitrogen and oxygen atoms in total. The smallest absolute Gasteiger partial charge is 0.263 e. The van der Waals surface area contributed by atoms with Crippen molar-refractivity contribution in [3.8, 4) is 0 Å². The van der Waals surface area contributed by atoms with Crippen molar-refractivity contribution in [3.63, 3.8) is 0 Å². The number of hydrogen-bond acceptors (Lipinski definition) is 6. The average molecular weight is 510 g/mol. The summed E-state index contributed by atoms with van der Waals surface area (Å²) in [5.41, 5.74) is 0.915. The van der Waals surface area contributed by atoms with Crippen molar-refractivity contribution in [2.24, 2.45) is 0 Å². The second-order valence-corrected chi connectivity index (χ2v) is 9.97. The third kappa shape index (κ3) is 4.30. The first-order chi connectivity index (χ1) is 16.3. The number of rotatable bonds is 6. The fourth-order valence-corrected chi connectivity index (χ4v) is 6.05. The zero-order valence-corrected chi connectivity index (χ0v) is 19.9. The number of pyridine rings is 1. The van der Waals surface area contributed by atoms with Crippen LogP contribution in [-0.2, 0) is 6.42 Å². The maximum Gasteiger partial charge on any atom is 0.263 e. The second-order valence-electron chi connectivity index (χ2n) is 8.61. The summed E-state index contributed by atoms with van der Waals surface area (Å²) in [5.74, 6) is -2.05. The lowest BCUT2D eigenvalue weighted by molar-refractivity contribution is 0.0959. The number of hydrogen-bond donors (Lipinski definition) is 3. The SMILES string of the molecule is CNc1c(C(=O)NCCc2cc(F)c(N3CC4CCC(C3)N4)cc2F)sc2nc(Cl)c(F)cc12. The van der Waals surface area contributed by atoms with Gasteiger partial charge in [0.05, 0.1) is 11.4 Å². The zero-order chi connectivity index (χ0) is 24.0. The molecule has 2 bridgehead atoms. The van der Waals surface area contributed by atoms with E-state index < -0.39 is 23.4 Å². The maximum absolute atomic E-state index is 14.9. The van der Waals surface area contributed by atoms with Crippen LogP contribution in [0.2, 0.25) is 5.15 Å². The van der Waals surface area contributed by atoms with Crippen LogP contribution in [0, 0.1) is 17.5 Å². The Bertz CT molecular complexity index is 1260. The van der Waals surface area contributed by atoms with Crippen LogP contribution in [0.1, 0.15) is 28.1 Å². The van der Waals surface area contributed by atoms with Crippen LogP contribution in [0.4, 0.5) is 24.5 Å². The van der Waals surface area contributed by atoms with E-state index >= 15 is 0 Å². The number of benzene rings is 1. The number of amides is 1. The van der Waals surface area contributed by atoms with Crippen LogP contribution < -0.4 is 20.9 Å². The van der Waals surface area contributed by atoms with Gasteiger partial charge in [0.15, 0.2) is 11.0 Å². The summed E-state index contributed by atoms with van der Waals surface area (Å²) in [6, 6.07) is 4.33. The van der Waals surface area contributed by atoms with Gasteiger partial charge in [0, 0.05) is 50.2 Å². The zero-order valence-electron chi connectivity index (χ0n) is 18.4. The highest BCUT2D eigenvalue weighted by atomic mass is 35.5. The van der Waals surface area contributed by atoms with E-state index in [2.05, 4.69) is 20.9 Å². The molecule has 5 rings (SSSR count). The number of carbonyl (C=O) groups excluding carboxylic acids is 1. The van der Waals surface area contributed by atoms with Crippen LogP contribution >= 0.6 is 22.9 Å². The molecule has 2 aliphatic heterocycles. The molecule has 1 aromatic carbocycles. The molecular weight excluding hydrogens is 487 g/mol.